The monoisotopic (exact) mass is 266 g/mol. The highest BCUT2D eigenvalue weighted by atomic mass is 16.5. The molecule has 0 radical (unpaired) electrons. The van der Waals surface area contributed by atoms with Crippen LogP contribution in [-0.4, -0.2) is 47.0 Å². The summed E-state index contributed by atoms with van der Waals surface area (Å²) in [6.45, 7) is 2.51. The van der Waals surface area contributed by atoms with E-state index in [2.05, 4.69) is 10.1 Å². The van der Waals surface area contributed by atoms with E-state index in [0.29, 0.717) is 17.9 Å². The lowest BCUT2D eigenvalue weighted by atomic mass is 10.2. The van der Waals surface area contributed by atoms with Crippen molar-refractivity contribution in [1.29, 1.82) is 0 Å². The summed E-state index contributed by atoms with van der Waals surface area (Å²) in [7, 11) is 1.47. The van der Waals surface area contributed by atoms with E-state index >= 15 is 0 Å². The van der Waals surface area contributed by atoms with Crippen LogP contribution in [0.15, 0.2) is 23.6 Å². The number of carbonyl (C=O) groups excluding carboxylic acids is 1. The number of amidine groups is 1. The third-order valence-corrected chi connectivity index (χ3v) is 2.50. The Bertz CT molecular complexity index is 462. The quantitative estimate of drug-likeness (QED) is 0.341. The molecule has 0 aliphatic carbocycles. The highest BCUT2D eigenvalue weighted by Gasteiger charge is 2.19. The molecule has 0 saturated heterocycles. The summed E-state index contributed by atoms with van der Waals surface area (Å²) in [6.07, 6.45) is 3.75. The molecule has 0 aromatic carbocycles. The Morgan fingerprint density at radius 1 is 1.63 bits per heavy atom. The zero-order valence-corrected chi connectivity index (χ0v) is 11.0. The lowest BCUT2D eigenvalue weighted by molar-refractivity contribution is 0.0774. The molecule has 1 aromatic rings. The number of oxime groups is 1. The molecule has 1 aromatic heterocycles. The van der Waals surface area contributed by atoms with Gasteiger partial charge in [-0.15, -0.1) is 0 Å². The number of rotatable bonds is 6. The maximum absolute atomic E-state index is 12.4. The van der Waals surface area contributed by atoms with E-state index in [4.69, 9.17) is 15.7 Å². The Labute approximate surface area is 111 Å². The molecule has 1 rings (SSSR count). The molecular formula is C12H18N4O3. The first-order chi connectivity index (χ1) is 9.13. The number of pyridine rings is 1. The number of aromatic nitrogens is 1. The minimum atomic E-state index is -0.243. The number of carbonyl (C=O) groups is 1. The van der Waals surface area contributed by atoms with Gasteiger partial charge < -0.3 is 20.6 Å². The van der Waals surface area contributed by atoms with Crippen molar-refractivity contribution >= 4 is 11.7 Å². The summed E-state index contributed by atoms with van der Waals surface area (Å²) >= 11 is 0. The molecule has 0 unspecified atom stereocenters. The maximum Gasteiger partial charge on any atom is 0.258 e. The standard InChI is InChI=1S/C12H18N4O3/c1-3-6-16(8-11(13)15-18)12(17)9-4-5-14-7-10(9)19-2/h4-5,7,18H,3,6,8H2,1-2H3,(H2,13,15). The van der Waals surface area contributed by atoms with E-state index in [0.717, 1.165) is 6.42 Å². The SMILES string of the molecule is CCCN(C/C(N)=N/O)C(=O)c1ccncc1OC. The van der Waals surface area contributed by atoms with E-state index < -0.39 is 0 Å². The Hall–Kier alpha value is -2.31. The molecule has 0 aliphatic rings. The Morgan fingerprint density at radius 2 is 2.37 bits per heavy atom. The lowest BCUT2D eigenvalue weighted by Gasteiger charge is -2.22. The van der Waals surface area contributed by atoms with Crippen LogP contribution in [0, 0.1) is 0 Å². The van der Waals surface area contributed by atoms with Crippen molar-refractivity contribution in [2.24, 2.45) is 10.9 Å². The van der Waals surface area contributed by atoms with Gasteiger partial charge in [0.25, 0.3) is 5.91 Å². The van der Waals surface area contributed by atoms with Crippen LogP contribution in [0.5, 0.6) is 5.75 Å². The van der Waals surface area contributed by atoms with Crippen LogP contribution in [0.25, 0.3) is 0 Å². The van der Waals surface area contributed by atoms with Crippen molar-refractivity contribution in [2.75, 3.05) is 20.2 Å². The molecule has 19 heavy (non-hydrogen) atoms. The molecule has 1 heterocycles. The predicted molar refractivity (Wildman–Crippen MR) is 70.4 cm³/mol. The minimum absolute atomic E-state index is 0.0187. The second-order valence-electron chi connectivity index (χ2n) is 3.89. The number of hydrogen-bond donors (Lipinski definition) is 2. The van der Waals surface area contributed by atoms with Gasteiger partial charge in [-0.1, -0.05) is 12.1 Å². The maximum atomic E-state index is 12.4. The molecule has 0 atom stereocenters. The molecule has 0 aliphatic heterocycles. The first kappa shape index (κ1) is 14.7. The Kier molecular flexibility index (Phi) is 5.59. The molecule has 1 amide bonds. The number of amides is 1. The zero-order valence-electron chi connectivity index (χ0n) is 11.0. The first-order valence-corrected chi connectivity index (χ1v) is 5.87. The van der Waals surface area contributed by atoms with Gasteiger partial charge >= 0.3 is 0 Å². The summed E-state index contributed by atoms with van der Waals surface area (Å²) in [5.74, 6) is 0.135. The smallest absolute Gasteiger partial charge is 0.258 e. The topological polar surface area (TPSA) is 101 Å². The van der Waals surface area contributed by atoms with Gasteiger partial charge in [-0.25, -0.2) is 0 Å². The second kappa shape index (κ2) is 7.20. The molecule has 7 nitrogen and oxygen atoms in total. The Balaban J connectivity index is 2.98. The molecule has 0 saturated carbocycles. The van der Waals surface area contributed by atoms with Crippen molar-refractivity contribution in [3.05, 3.63) is 24.0 Å². The molecule has 7 heteroatoms. The van der Waals surface area contributed by atoms with Crippen LogP contribution in [-0.2, 0) is 0 Å². The summed E-state index contributed by atoms with van der Waals surface area (Å²) in [5.41, 5.74) is 5.85. The fourth-order valence-electron chi connectivity index (χ4n) is 1.64. The second-order valence-corrected chi connectivity index (χ2v) is 3.89. The van der Waals surface area contributed by atoms with Crippen LogP contribution in [0.1, 0.15) is 23.7 Å². The number of nitrogens with two attached hydrogens (primary N) is 1. The lowest BCUT2D eigenvalue weighted by Crippen LogP contribution is -2.39. The first-order valence-electron chi connectivity index (χ1n) is 5.87. The minimum Gasteiger partial charge on any atom is -0.494 e. The fraction of sp³-hybridized carbons (Fsp3) is 0.417. The summed E-state index contributed by atoms with van der Waals surface area (Å²) in [6, 6.07) is 1.58. The average molecular weight is 266 g/mol. The summed E-state index contributed by atoms with van der Waals surface area (Å²) in [4.78, 5) is 17.8. The summed E-state index contributed by atoms with van der Waals surface area (Å²) < 4.78 is 5.11. The molecule has 0 spiro atoms. The van der Waals surface area contributed by atoms with Crippen molar-refractivity contribution in [1.82, 2.24) is 9.88 Å². The van der Waals surface area contributed by atoms with Crippen molar-refractivity contribution < 1.29 is 14.7 Å². The molecular weight excluding hydrogens is 248 g/mol. The van der Waals surface area contributed by atoms with Crippen LogP contribution >= 0.6 is 0 Å². The number of methoxy groups -OCH3 is 1. The number of ether oxygens (including phenoxy) is 1. The van der Waals surface area contributed by atoms with Gasteiger partial charge in [0.15, 0.2) is 5.84 Å². The van der Waals surface area contributed by atoms with Crippen molar-refractivity contribution in [2.45, 2.75) is 13.3 Å². The zero-order chi connectivity index (χ0) is 14.3. The highest BCUT2D eigenvalue weighted by Crippen LogP contribution is 2.18. The van der Waals surface area contributed by atoms with Gasteiger partial charge in [0, 0.05) is 12.7 Å². The van der Waals surface area contributed by atoms with Gasteiger partial charge in [0.05, 0.1) is 25.4 Å². The third kappa shape index (κ3) is 3.84. The number of hydrogen-bond acceptors (Lipinski definition) is 5. The van der Waals surface area contributed by atoms with Crippen molar-refractivity contribution in [3.8, 4) is 5.75 Å². The fourth-order valence-corrected chi connectivity index (χ4v) is 1.64. The largest absolute Gasteiger partial charge is 0.494 e. The van der Waals surface area contributed by atoms with Crippen LogP contribution in [0.3, 0.4) is 0 Å². The number of nitrogens with zero attached hydrogens (tertiary/aromatic N) is 3. The van der Waals surface area contributed by atoms with E-state index in [9.17, 15) is 4.79 Å². The highest BCUT2D eigenvalue weighted by molar-refractivity contribution is 5.99. The van der Waals surface area contributed by atoms with Gasteiger partial charge in [-0.3, -0.25) is 9.78 Å². The van der Waals surface area contributed by atoms with Gasteiger partial charge in [-0.05, 0) is 12.5 Å². The summed E-state index contributed by atoms with van der Waals surface area (Å²) in [5, 5.41) is 11.5. The normalized spacial score (nSPS) is 11.2. The predicted octanol–water partition coefficient (Wildman–Crippen LogP) is 0.689. The van der Waals surface area contributed by atoms with Crippen molar-refractivity contribution in [3.63, 3.8) is 0 Å². The van der Waals surface area contributed by atoms with Crippen LogP contribution in [0.2, 0.25) is 0 Å². The molecule has 3 N–H and O–H groups in total. The average Bonchev–Trinajstić information content (AvgIpc) is 2.45. The van der Waals surface area contributed by atoms with E-state index in [-0.39, 0.29) is 18.3 Å². The van der Waals surface area contributed by atoms with Crippen LogP contribution in [0.4, 0.5) is 0 Å². The van der Waals surface area contributed by atoms with Crippen LogP contribution < -0.4 is 10.5 Å². The molecule has 104 valence electrons. The molecule has 0 fully saturated rings. The Morgan fingerprint density at radius 3 is 2.95 bits per heavy atom. The van der Waals surface area contributed by atoms with E-state index in [1.165, 1.54) is 24.4 Å². The van der Waals surface area contributed by atoms with Gasteiger partial charge in [0.1, 0.15) is 5.75 Å². The van der Waals surface area contributed by atoms with Gasteiger partial charge in [0.2, 0.25) is 0 Å². The van der Waals surface area contributed by atoms with Gasteiger partial charge in [-0.2, -0.15) is 0 Å². The van der Waals surface area contributed by atoms with E-state index in [1.54, 1.807) is 6.07 Å². The molecule has 0 bridgehead atoms. The third-order valence-electron chi connectivity index (χ3n) is 2.50. The van der Waals surface area contributed by atoms with E-state index in [1.807, 2.05) is 6.92 Å².